The van der Waals surface area contributed by atoms with Crippen molar-refractivity contribution in [2.45, 2.75) is 56.9 Å². The molecule has 2 amide bonds. The third kappa shape index (κ3) is 3.65. The Bertz CT molecular complexity index is 620. The number of benzene rings is 1. The van der Waals surface area contributed by atoms with Gasteiger partial charge in [-0.2, -0.15) is 0 Å². The van der Waals surface area contributed by atoms with E-state index in [9.17, 15) is 9.59 Å². The van der Waals surface area contributed by atoms with E-state index in [1.165, 1.54) is 6.92 Å². The Morgan fingerprint density at radius 1 is 1.16 bits per heavy atom. The van der Waals surface area contributed by atoms with Gasteiger partial charge in [-0.25, -0.2) is 0 Å². The molecule has 0 aromatic heterocycles. The number of carbonyl (C=O) groups excluding carboxylic acids is 2. The molecule has 0 radical (unpaired) electrons. The molecule has 0 unspecified atom stereocenters. The van der Waals surface area contributed by atoms with Gasteiger partial charge in [0.05, 0.1) is 12.5 Å². The smallest absolute Gasteiger partial charge is 0.233 e. The van der Waals surface area contributed by atoms with Crippen LogP contribution in [0.1, 0.15) is 51.0 Å². The lowest BCUT2D eigenvalue weighted by Crippen LogP contribution is -2.54. The third-order valence-electron chi connectivity index (χ3n) is 5.63. The summed E-state index contributed by atoms with van der Waals surface area (Å²) < 4.78 is 5.26. The summed E-state index contributed by atoms with van der Waals surface area (Å²) in [4.78, 5) is 26.8. The Morgan fingerprint density at radius 2 is 1.84 bits per heavy atom. The first kappa shape index (κ1) is 17.8. The van der Waals surface area contributed by atoms with Crippen molar-refractivity contribution in [2.75, 3.05) is 20.2 Å². The van der Waals surface area contributed by atoms with Crippen LogP contribution in [0.25, 0.3) is 0 Å². The molecule has 5 heteroatoms. The van der Waals surface area contributed by atoms with Crippen LogP contribution in [-0.2, 0) is 15.0 Å². The van der Waals surface area contributed by atoms with Crippen LogP contribution >= 0.6 is 0 Å². The van der Waals surface area contributed by atoms with Gasteiger partial charge in [0.1, 0.15) is 5.75 Å². The predicted octanol–water partition coefficient (Wildman–Crippen LogP) is 2.63. The van der Waals surface area contributed by atoms with Crippen LogP contribution in [0.2, 0.25) is 0 Å². The molecule has 1 aliphatic heterocycles. The molecule has 2 aliphatic rings. The number of amides is 2. The Morgan fingerprint density at radius 3 is 2.44 bits per heavy atom. The maximum absolute atomic E-state index is 13.5. The van der Waals surface area contributed by atoms with Gasteiger partial charge in [-0.15, -0.1) is 0 Å². The normalized spacial score (nSPS) is 22.5. The third-order valence-corrected chi connectivity index (χ3v) is 5.63. The maximum Gasteiger partial charge on any atom is 0.233 e. The summed E-state index contributed by atoms with van der Waals surface area (Å²) in [7, 11) is 1.65. The summed E-state index contributed by atoms with van der Waals surface area (Å²) in [5.41, 5.74) is 0.683. The van der Waals surface area contributed by atoms with Crippen LogP contribution in [0.3, 0.4) is 0 Å². The fourth-order valence-electron chi connectivity index (χ4n) is 4.38. The molecule has 1 aliphatic carbocycles. The Hall–Kier alpha value is -2.04. The van der Waals surface area contributed by atoms with E-state index in [0.717, 1.165) is 56.4 Å². The van der Waals surface area contributed by atoms with Gasteiger partial charge in [0.2, 0.25) is 11.8 Å². The molecule has 1 N–H and O–H groups in total. The lowest BCUT2D eigenvalue weighted by molar-refractivity contribution is -0.139. The molecule has 3 rings (SSSR count). The largest absolute Gasteiger partial charge is 0.497 e. The van der Waals surface area contributed by atoms with Gasteiger partial charge in [-0.1, -0.05) is 25.0 Å². The van der Waals surface area contributed by atoms with Gasteiger partial charge in [0, 0.05) is 26.1 Å². The van der Waals surface area contributed by atoms with Gasteiger partial charge >= 0.3 is 0 Å². The van der Waals surface area contributed by atoms with E-state index in [4.69, 9.17) is 4.74 Å². The topological polar surface area (TPSA) is 58.6 Å². The summed E-state index contributed by atoms with van der Waals surface area (Å²) in [5.74, 6) is 1.02. The van der Waals surface area contributed by atoms with Gasteiger partial charge in [-0.05, 0) is 43.4 Å². The van der Waals surface area contributed by atoms with Gasteiger partial charge in [0.25, 0.3) is 0 Å². The summed E-state index contributed by atoms with van der Waals surface area (Å²) in [5, 5.41) is 2.98. The second kappa shape index (κ2) is 7.46. The highest BCUT2D eigenvalue weighted by atomic mass is 16.5. The maximum atomic E-state index is 13.5. The molecule has 1 atom stereocenters. The first-order valence-electron chi connectivity index (χ1n) is 9.26. The quantitative estimate of drug-likeness (QED) is 0.913. The summed E-state index contributed by atoms with van der Waals surface area (Å²) in [6, 6.07) is 8.04. The molecular weight excluding hydrogens is 316 g/mol. The van der Waals surface area contributed by atoms with Crippen molar-refractivity contribution >= 4 is 11.8 Å². The first-order chi connectivity index (χ1) is 12.0. The van der Waals surface area contributed by atoms with Gasteiger partial charge in [-0.3, -0.25) is 9.59 Å². The van der Waals surface area contributed by atoms with Gasteiger partial charge < -0.3 is 15.0 Å². The number of hydrogen-bond donors (Lipinski definition) is 1. The molecule has 1 saturated heterocycles. The summed E-state index contributed by atoms with van der Waals surface area (Å²) >= 11 is 0. The Balaban J connectivity index is 1.81. The molecule has 25 heavy (non-hydrogen) atoms. The van der Waals surface area contributed by atoms with Crippen LogP contribution in [0.5, 0.6) is 5.75 Å². The van der Waals surface area contributed by atoms with E-state index in [1.807, 2.05) is 29.2 Å². The van der Waals surface area contributed by atoms with E-state index < -0.39 is 5.41 Å². The van der Waals surface area contributed by atoms with Gasteiger partial charge in [0.15, 0.2) is 0 Å². The zero-order chi connectivity index (χ0) is 17.9. The summed E-state index contributed by atoms with van der Waals surface area (Å²) in [6.45, 7) is 2.94. The van der Waals surface area contributed by atoms with Crippen LogP contribution in [0.4, 0.5) is 0 Å². The van der Waals surface area contributed by atoms with E-state index in [0.29, 0.717) is 6.54 Å². The number of likely N-dealkylation sites (tertiary alicyclic amines) is 1. The van der Waals surface area contributed by atoms with Crippen LogP contribution in [0, 0.1) is 0 Å². The van der Waals surface area contributed by atoms with Crippen molar-refractivity contribution in [1.82, 2.24) is 10.2 Å². The molecule has 0 bridgehead atoms. The zero-order valence-corrected chi connectivity index (χ0v) is 15.2. The standard InChI is InChI=1S/C20H28N2O3/c1-15(23)21-17-6-5-13-22(14-17)19(24)20(11-3-4-12-20)16-7-9-18(25-2)10-8-16/h7-10,17H,3-6,11-14H2,1-2H3,(H,21,23)/t17-/m1/s1. The first-order valence-corrected chi connectivity index (χ1v) is 9.26. The highest BCUT2D eigenvalue weighted by Crippen LogP contribution is 2.43. The molecule has 2 fully saturated rings. The van der Waals surface area contributed by atoms with Crippen molar-refractivity contribution in [1.29, 1.82) is 0 Å². The monoisotopic (exact) mass is 344 g/mol. The van der Waals surface area contributed by atoms with E-state index >= 15 is 0 Å². The average Bonchev–Trinajstić information content (AvgIpc) is 3.12. The van der Waals surface area contributed by atoms with Crippen LogP contribution < -0.4 is 10.1 Å². The fraction of sp³-hybridized carbons (Fsp3) is 0.600. The molecule has 1 saturated carbocycles. The molecular formula is C20H28N2O3. The van der Waals surface area contributed by atoms with Crippen molar-refractivity contribution < 1.29 is 14.3 Å². The molecule has 1 aromatic carbocycles. The van der Waals surface area contributed by atoms with E-state index in [-0.39, 0.29) is 17.9 Å². The van der Waals surface area contributed by atoms with E-state index in [1.54, 1.807) is 7.11 Å². The van der Waals surface area contributed by atoms with Crippen LogP contribution in [-0.4, -0.2) is 43.0 Å². The summed E-state index contributed by atoms with van der Waals surface area (Å²) in [6.07, 6.45) is 5.86. The Kier molecular flexibility index (Phi) is 5.30. The minimum atomic E-state index is -0.412. The number of piperidine rings is 1. The number of rotatable bonds is 4. The fourth-order valence-corrected chi connectivity index (χ4v) is 4.38. The molecule has 0 spiro atoms. The second-order valence-corrected chi connectivity index (χ2v) is 7.31. The van der Waals surface area contributed by atoms with Crippen molar-refractivity contribution in [3.8, 4) is 5.75 Å². The lowest BCUT2D eigenvalue weighted by atomic mass is 9.77. The molecule has 136 valence electrons. The second-order valence-electron chi connectivity index (χ2n) is 7.31. The minimum Gasteiger partial charge on any atom is -0.497 e. The number of nitrogens with zero attached hydrogens (tertiary/aromatic N) is 1. The SMILES string of the molecule is COc1ccc(C2(C(=O)N3CCC[C@@H](NC(C)=O)C3)CCCC2)cc1. The number of hydrogen-bond acceptors (Lipinski definition) is 3. The Labute approximate surface area is 149 Å². The lowest BCUT2D eigenvalue weighted by Gasteiger charge is -2.39. The highest BCUT2D eigenvalue weighted by molar-refractivity contribution is 5.89. The average molecular weight is 344 g/mol. The minimum absolute atomic E-state index is 0.0231. The van der Waals surface area contributed by atoms with Crippen molar-refractivity contribution in [3.63, 3.8) is 0 Å². The van der Waals surface area contributed by atoms with Crippen molar-refractivity contribution in [2.24, 2.45) is 0 Å². The zero-order valence-electron chi connectivity index (χ0n) is 15.2. The highest BCUT2D eigenvalue weighted by Gasteiger charge is 2.45. The number of methoxy groups -OCH3 is 1. The molecule has 5 nitrogen and oxygen atoms in total. The number of carbonyl (C=O) groups is 2. The number of ether oxygens (including phenoxy) is 1. The number of nitrogens with one attached hydrogen (secondary N) is 1. The predicted molar refractivity (Wildman–Crippen MR) is 96.6 cm³/mol. The van der Waals surface area contributed by atoms with Crippen LogP contribution in [0.15, 0.2) is 24.3 Å². The van der Waals surface area contributed by atoms with Crippen molar-refractivity contribution in [3.05, 3.63) is 29.8 Å². The molecule has 1 aromatic rings. The van der Waals surface area contributed by atoms with E-state index in [2.05, 4.69) is 5.32 Å². The molecule has 1 heterocycles.